The molecule has 25 heavy (non-hydrogen) atoms. The van der Waals surface area contributed by atoms with Crippen LogP contribution in [0.1, 0.15) is 15.9 Å². The van der Waals surface area contributed by atoms with Crippen LogP contribution in [0.15, 0.2) is 48.5 Å². The quantitative estimate of drug-likeness (QED) is 0.664. The Labute approximate surface area is 145 Å². The third-order valence-electron chi connectivity index (χ3n) is 4.40. The number of nitro benzene ring substituents is 1. The summed E-state index contributed by atoms with van der Waals surface area (Å²) < 4.78 is 0. The Kier molecular flexibility index (Phi) is 4.95. The molecule has 130 valence electrons. The van der Waals surface area contributed by atoms with Crippen LogP contribution in [0.3, 0.4) is 0 Å². The molecule has 3 rings (SSSR count). The molecule has 7 nitrogen and oxygen atoms in total. The Balaban J connectivity index is 1.60. The second kappa shape index (κ2) is 7.31. The van der Waals surface area contributed by atoms with E-state index in [4.69, 9.17) is 5.11 Å². The summed E-state index contributed by atoms with van der Waals surface area (Å²) >= 11 is 0. The molecule has 0 spiro atoms. The zero-order chi connectivity index (χ0) is 17.8. The number of anilines is 1. The van der Waals surface area contributed by atoms with Gasteiger partial charge in [-0.05, 0) is 23.8 Å². The van der Waals surface area contributed by atoms with Crippen molar-refractivity contribution in [1.29, 1.82) is 0 Å². The number of carbonyl (C=O) groups is 1. The molecule has 2 aromatic rings. The van der Waals surface area contributed by atoms with E-state index in [1.165, 1.54) is 6.07 Å². The molecule has 1 heterocycles. The largest absolute Gasteiger partial charge is 0.478 e. The molecule has 0 saturated carbocycles. The van der Waals surface area contributed by atoms with Crippen molar-refractivity contribution in [1.82, 2.24) is 4.90 Å². The maximum absolute atomic E-state index is 11.2. The van der Waals surface area contributed by atoms with Crippen LogP contribution in [0.4, 0.5) is 11.4 Å². The minimum Gasteiger partial charge on any atom is -0.478 e. The Morgan fingerprint density at radius 1 is 1.04 bits per heavy atom. The average Bonchev–Trinajstić information content (AvgIpc) is 2.63. The molecule has 2 aromatic carbocycles. The summed E-state index contributed by atoms with van der Waals surface area (Å²) in [4.78, 5) is 26.0. The fourth-order valence-electron chi connectivity index (χ4n) is 3.04. The molecule has 1 saturated heterocycles. The van der Waals surface area contributed by atoms with Gasteiger partial charge in [-0.2, -0.15) is 0 Å². The van der Waals surface area contributed by atoms with Crippen molar-refractivity contribution in [2.24, 2.45) is 0 Å². The van der Waals surface area contributed by atoms with Crippen LogP contribution in [0, 0.1) is 10.1 Å². The molecule has 1 aliphatic heterocycles. The molecule has 0 atom stereocenters. The maximum Gasteiger partial charge on any atom is 0.335 e. The number of benzene rings is 2. The number of para-hydroxylation sites is 2. The Morgan fingerprint density at radius 2 is 1.68 bits per heavy atom. The van der Waals surface area contributed by atoms with Crippen LogP contribution in [-0.4, -0.2) is 47.1 Å². The summed E-state index contributed by atoms with van der Waals surface area (Å²) in [5.41, 5.74) is 2.15. The van der Waals surface area contributed by atoms with E-state index in [-0.39, 0.29) is 16.2 Å². The molecule has 0 unspecified atom stereocenters. The number of piperazine rings is 1. The second-order valence-electron chi connectivity index (χ2n) is 6.01. The normalized spacial score (nSPS) is 15.1. The molecule has 0 aliphatic carbocycles. The summed E-state index contributed by atoms with van der Waals surface area (Å²) in [5, 5.41) is 20.1. The number of carboxylic acid groups (broad SMARTS) is 1. The highest BCUT2D eigenvalue weighted by atomic mass is 16.6. The fraction of sp³-hybridized carbons (Fsp3) is 0.278. The molecule has 0 aromatic heterocycles. The molecule has 1 aliphatic rings. The van der Waals surface area contributed by atoms with Crippen LogP contribution < -0.4 is 4.90 Å². The van der Waals surface area contributed by atoms with Crippen LogP contribution in [0.2, 0.25) is 0 Å². The number of nitrogens with zero attached hydrogens (tertiary/aromatic N) is 3. The van der Waals surface area contributed by atoms with E-state index in [0.29, 0.717) is 5.69 Å². The molecule has 0 bridgehead atoms. The van der Waals surface area contributed by atoms with E-state index < -0.39 is 5.97 Å². The van der Waals surface area contributed by atoms with Gasteiger partial charge in [0.1, 0.15) is 5.69 Å². The summed E-state index contributed by atoms with van der Waals surface area (Å²) in [5.74, 6) is -0.926. The molecule has 0 amide bonds. The standard InChI is InChI=1S/C18H19N3O4/c22-18(23)15-7-5-14(6-8-15)13-19-9-11-20(12-10-19)16-3-1-2-4-17(16)21(24)25/h1-8H,9-13H2,(H,22,23). The highest BCUT2D eigenvalue weighted by Gasteiger charge is 2.23. The van der Waals surface area contributed by atoms with E-state index in [0.717, 1.165) is 38.3 Å². The lowest BCUT2D eigenvalue weighted by atomic mass is 10.1. The van der Waals surface area contributed by atoms with Gasteiger partial charge in [0.05, 0.1) is 10.5 Å². The minimum atomic E-state index is -0.926. The van der Waals surface area contributed by atoms with E-state index in [1.54, 1.807) is 24.3 Å². The van der Waals surface area contributed by atoms with Crippen molar-refractivity contribution in [3.05, 3.63) is 69.8 Å². The van der Waals surface area contributed by atoms with Crippen LogP contribution >= 0.6 is 0 Å². The predicted octanol–water partition coefficient (Wildman–Crippen LogP) is 2.62. The van der Waals surface area contributed by atoms with Gasteiger partial charge in [0.2, 0.25) is 0 Å². The van der Waals surface area contributed by atoms with Crippen molar-refractivity contribution in [3.8, 4) is 0 Å². The molecule has 1 fully saturated rings. The third kappa shape index (κ3) is 3.95. The van der Waals surface area contributed by atoms with Gasteiger partial charge in [0.15, 0.2) is 0 Å². The third-order valence-corrected chi connectivity index (χ3v) is 4.40. The number of carboxylic acids is 1. The van der Waals surface area contributed by atoms with Crippen molar-refractivity contribution < 1.29 is 14.8 Å². The minimum absolute atomic E-state index is 0.139. The summed E-state index contributed by atoms with van der Waals surface area (Å²) in [6, 6.07) is 13.7. The highest BCUT2D eigenvalue weighted by molar-refractivity contribution is 5.87. The summed E-state index contributed by atoms with van der Waals surface area (Å²) in [6.07, 6.45) is 0. The number of hydrogen-bond acceptors (Lipinski definition) is 5. The van der Waals surface area contributed by atoms with Crippen molar-refractivity contribution in [3.63, 3.8) is 0 Å². The monoisotopic (exact) mass is 341 g/mol. The Bertz CT molecular complexity index is 768. The van der Waals surface area contributed by atoms with Crippen molar-refractivity contribution >= 4 is 17.3 Å². The predicted molar refractivity (Wildman–Crippen MR) is 94.0 cm³/mol. The van der Waals surface area contributed by atoms with Crippen LogP contribution in [0.25, 0.3) is 0 Å². The van der Waals surface area contributed by atoms with E-state index in [2.05, 4.69) is 4.90 Å². The lowest BCUT2D eigenvalue weighted by Crippen LogP contribution is -2.46. The Morgan fingerprint density at radius 3 is 2.28 bits per heavy atom. The lowest BCUT2D eigenvalue weighted by molar-refractivity contribution is -0.384. The first-order valence-electron chi connectivity index (χ1n) is 8.07. The van der Waals surface area contributed by atoms with Gasteiger partial charge < -0.3 is 10.0 Å². The number of aromatic carboxylic acids is 1. The average molecular weight is 341 g/mol. The van der Waals surface area contributed by atoms with E-state index in [1.807, 2.05) is 23.1 Å². The van der Waals surface area contributed by atoms with E-state index >= 15 is 0 Å². The van der Waals surface area contributed by atoms with Crippen molar-refractivity contribution in [2.75, 3.05) is 31.1 Å². The summed E-state index contributed by atoms with van der Waals surface area (Å²) in [6.45, 7) is 3.78. The molecular weight excluding hydrogens is 322 g/mol. The molecular formula is C18H19N3O4. The lowest BCUT2D eigenvalue weighted by Gasteiger charge is -2.35. The zero-order valence-electron chi connectivity index (χ0n) is 13.7. The summed E-state index contributed by atoms with van der Waals surface area (Å²) in [7, 11) is 0. The topological polar surface area (TPSA) is 86.9 Å². The molecule has 0 radical (unpaired) electrons. The van der Waals surface area contributed by atoms with Crippen LogP contribution in [-0.2, 0) is 6.54 Å². The van der Waals surface area contributed by atoms with Gasteiger partial charge in [-0.3, -0.25) is 15.0 Å². The second-order valence-corrected chi connectivity index (χ2v) is 6.01. The molecule has 7 heteroatoms. The highest BCUT2D eigenvalue weighted by Crippen LogP contribution is 2.28. The van der Waals surface area contributed by atoms with Crippen LogP contribution in [0.5, 0.6) is 0 Å². The van der Waals surface area contributed by atoms with Gasteiger partial charge in [0, 0.05) is 38.8 Å². The van der Waals surface area contributed by atoms with Gasteiger partial charge in [-0.1, -0.05) is 24.3 Å². The van der Waals surface area contributed by atoms with E-state index in [9.17, 15) is 14.9 Å². The van der Waals surface area contributed by atoms with Gasteiger partial charge >= 0.3 is 5.97 Å². The first-order valence-corrected chi connectivity index (χ1v) is 8.07. The maximum atomic E-state index is 11.2. The Hall–Kier alpha value is -2.93. The first-order chi connectivity index (χ1) is 12.0. The zero-order valence-corrected chi connectivity index (χ0v) is 13.7. The molecule has 1 N–H and O–H groups in total. The van der Waals surface area contributed by atoms with Gasteiger partial charge in [-0.15, -0.1) is 0 Å². The van der Waals surface area contributed by atoms with Gasteiger partial charge in [0.25, 0.3) is 5.69 Å². The number of nitro groups is 1. The number of rotatable bonds is 5. The van der Waals surface area contributed by atoms with Gasteiger partial charge in [-0.25, -0.2) is 4.79 Å². The SMILES string of the molecule is O=C(O)c1ccc(CN2CCN(c3ccccc3[N+](=O)[O-])CC2)cc1. The smallest absolute Gasteiger partial charge is 0.335 e. The fourth-order valence-corrected chi connectivity index (χ4v) is 3.04. The van der Waals surface area contributed by atoms with Crippen molar-refractivity contribution in [2.45, 2.75) is 6.54 Å². The number of hydrogen-bond donors (Lipinski definition) is 1. The first kappa shape index (κ1) is 16.9.